The Hall–Kier alpha value is -0.490. The van der Waals surface area contributed by atoms with Gasteiger partial charge in [0, 0.05) is 6.42 Å². The topological polar surface area (TPSA) is 65.0 Å². The first kappa shape index (κ1) is 21.5. The van der Waals surface area contributed by atoms with Crippen molar-refractivity contribution >= 4 is 5.78 Å². The van der Waals surface area contributed by atoms with Gasteiger partial charge in [-0.2, -0.15) is 0 Å². The van der Waals surface area contributed by atoms with Crippen molar-refractivity contribution < 1.29 is 24.1 Å². The van der Waals surface area contributed by atoms with Gasteiger partial charge in [-0.3, -0.25) is 4.79 Å². The molecule has 0 bridgehead atoms. The van der Waals surface area contributed by atoms with Crippen LogP contribution in [-0.4, -0.2) is 56.1 Å². The lowest BCUT2D eigenvalue weighted by Gasteiger charge is -2.23. The van der Waals surface area contributed by atoms with Gasteiger partial charge in [0.05, 0.1) is 45.2 Å². The quantitative estimate of drug-likeness (QED) is 0.627. The van der Waals surface area contributed by atoms with E-state index in [1.165, 1.54) is 39.0 Å². The predicted octanol–water partition coefficient (Wildman–Crippen LogP) is 2.74. The molecule has 1 rings (SSSR count). The zero-order chi connectivity index (χ0) is 16.6. The molecule has 5 nitrogen and oxygen atoms in total. The maximum atomic E-state index is 10.4. The van der Waals surface area contributed by atoms with E-state index in [1.54, 1.807) is 0 Å². The highest BCUT2D eigenvalue weighted by molar-refractivity contribution is 5.75. The Morgan fingerprint density at radius 2 is 1.64 bits per heavy atom. The Labute approximate surface area is 135 Å². The maximum Gasteiger partial charge on any atom is 0.132 e. The molecule has 0 saturated heterocycles. The van der Waals surface area contributed by atoms with Crippen molar-refractivity contribution in [3.63, 3.8) is 0 Å². The van der Waals surface area contributed by atoms with Crippen LogP contribution >= 0.6 is 0 Å². The van der Waals surface area contributed by atoms with E-state index in [1.807, 2.05) is 0 Å². The minimum absolute atomic E-state index is 0.0352. The summed E-state index contributed by atoms with van der Waals surface area (Å²) in [5.41, 5.74) is 0. The summed E-state index contributed by atoms with van der Waals surface area (Å²) in [6.07, 6.45) is 8.19. The minimum atomic E-state index is 0.0352. The fraction of sp³-hybridized carbons (Fsp3) is 0.941. The van der Waals surface area contributed by atoms with Crippen molar-refractivity contribution in [2.45, 2.75) is 71.5 Å². The molecule has 132 valence electrons. The number of ketones is 1. The van der Waals surface area contributed by atoms with E-state index in [2.05, 4.69) is 13.8 Å². The molecule has 0 heterocycles. The molecule has 1 saturated carbocycles. The van der Waals surface area contributed by atoms with Crippen LogP contribution in [0.3, 0.4) is 0 Å². The van der Waals surface area contributed by atoms with Gasteiger partial charge in [0.2, 0.25) is 0 Å². The van der Waals surface area contributed by atoms with E-state index >= 15 is 0 Å². The number of ether oxygens (including phenoxy) is 3. The van der Waals surface area contributed by atoms with E-state index in [4.69, 9.17) is 19.3 Å². The molecule has 1 aliphatic rings. The molecular formula is C17H34O5. The second-order valence-corrected chi connectivity index (χ2v) is 5.85. The van der Waals surface area contributed by atoms with Crippen molar-refractivity contribution in [2.24, 2.45) is 0 Å². The van der Waals surface area contributed by atoms with Crippen molar-refractivity contribution in [1.29, 1.82) is 0 Å². The van der Waals surface area contributed by atoms with Crippen molar-refractivity contribution in [1.82, 2.24) is 0 Å². The fourth-order valence-electron chi connectivity index (χ4n) is 2.19. The summed E-state index contributed by atoms with van der Waals surface area (Å²) in [5, 5.41) is 8.33. The van der Waals surface area contributed by atoms with Crippen molar-refractivity contribution in [3.05, 3.63) is 0 Å². The molecule has 1 aliphatic carbocycles. The molecule has 5 heteroatoms. The Kier molecular flexibility index (Phi) is 15.1. The van der Waals surface area contributed by atoms with Crippen molar-refractivity contribution in [2.75, 3.05) is 33.0 Å². The summed E-state index contributed by atoms with van der Waals surface area (Å²) < 4.78 is 15.7. The summed E-state index contributed by atoms with van der Waals surface area (Å²) in [6.45, 7) is 7.56. The van der Waals surface area contributed by atoms with Crippen LogP contribution in [0.4, 0.5) is 0 Å². The lowest BCUT2D eigenvalue weighted by Crippen LogP contribution is -2.20. The standard InChI is InChI=1S/C9H18O.C8H16O4/c1-8(2)10-9-6-4-3-5-7-9;1-8(10)2-4-11-6-7-12-5-3-9/h8-9H,3-7H2,1-2H3;9H,2-7H2,1H3. The number of carbonyl (C=O) groups is 1. The lowest BCUT2D eigenvalue weighted by molar-refractivity contribution is -0.118. The smallest absolute Gasteiger partial charge is 0.132 e. The molecular weight excluding hydrogens is 284 g/mol. The summed E-state index contributed by atoms with van der Waals surface area (Å²) in [4.78, 5) is 10.4. The first-order valence-corrected chi connectivity index (χ1v) is 8.47. The normalized spacial score (nSPS) is 15.5. The fourth-order valence-corrected chi connectivity index (χ4v) is 2.19. The van der Waals surface area contributed by atoms with E-state index in [-0.39, 0.29) is 12.4 Å². The molecule has 0 atom stereocenters. The van der Waals surface area contributed by atoms with Crippen LogP contribution < -0.4 is 0 Å². The highest BCUT2D eigenvalue weighted by Crippen LogP contribution is 2.21. The molecule has 22 heavy (non-hydrogen) atoms. The number of aliphatic hydroxyl groups excluding tert-OH is 1. The van der Waals surface area contributed by atoms with Gasteiger partial charge in [0.1, 0.15) is 5.78 Å². The van der Waals surface area contributed by atoms with Gasteiger partial charge in [0.15, 0.2) is 0 Å². The molecule has 0 aromatic heterocycles. The van der Waals surface area contributed by atoms with E-state index in [0.29, 0.717) is 45.1 Å². The van der Waals surface area contributed by atoms with Gasteiger partial charge < -0.3 is 19.3 Å². The monoisotopic (exact) mass is 318 g/mol. The molecule has 0 unspecified atom stereocenters. The SMILES string of the molecule is CC(=O)CCOCCOCCO.CC(C)OC1CCCCC1. The van der Waals surface area contributed by atoms with Crippen LogP contribution in [0, 0.1) is 0 Å². The average Bonchev–Trinajstić information content (AvgIpc) is 2.47. The second-order valence-electron chi connectivity index (χ2n) is 5.85. The minimum Gasteiger partial charge on any atom is -0.394 e. The molecule has 1 N–H and O–H groups in total. The Morgan fingerprint density at radius 3 is 2.14 bits per heavy atom. The van der Waals surface area contributed by atoms with E-state index in [0.717, 1.165) is 0 Å². The zero-order valence-corrected chi connectivity index (χ0v) is 14.5. The van der Waals surface area contributed by atoms with Gasteiger partial charge in [-0.05, 0) is 33.6 Å². The highest BCUT2D eigenvalue weighted by atomic mass is 16.5. The number of hydrogen-bond acceptors (Lipinski definition) is 5. The van der Waals surface area contributed by atoms with Gasteiger partial charge in [-0.25, -0.2) is 0 Å². The third-order valence-electron chi connectivity index (χ3n) is 3.22. The van der Waals surface area contributed by atoms with Crippen LogP contribution in [0.25, 0.3) is 0 Å². The molecule has 0 aromatic rings. The van der Waals surface area contributed by atoms with Crippen LogP contribution in [0.15, 0.2) is 0 Å². The van der Waals surface area contributed by atoms with Crippen LogP contribution in [-0.2, 0) is 19.0 Å². The average molecular weight is 318 g/mol. The summed E-state index contributed by atoms with van der Waals surface area (Å²) in [5.74, 6) is 0.131. The highest BCUT2D eigenvalue weighted by Gasteiger charge is 2.14. The molecule has 0 amide bonds. The Bertz CT molecular complexity index is 249. The third kappa shape index (κ3) is 15.9. The predicted molar refractivity (Wildman–Crippen MR) is 87.1 cm³/mol. The van der Waals surface area contributed by atoms with Gasteiger partial charge >= 0.3 is 0 Å². The number of aliphatic hydroxyl groups is 1. The first-order chi connectivity index (χ1) is 10.6. The Morgan fingerprint density at radius 1 is 1.05 bits per heavy atom. The van der Waals surface area contributed by atoms with Crippen LogP contribution in [0.5, 0.6) is 0 Å². The molecule has 1 fully saturated rings. The van der Waals surface area contributed by atoms with Gasteiger partial charge in [0.25, 0.3) is 0 Å². The van der Waals surface area contributed by atoms with Crippen LogP contribution in [0.1, 0.15) is 59.3 Å². The van der Waals surface area contributed by atoms with Gasteiger partial charge in [-0.1, -0.05) is 19.3 Å². The number of hydrogen-bond donors (Lipinski definition) is 1. The maximum absolute atomic E-state index is 10.4. The second kappa shape index (κ2) is 15.4. The van der Waals surface area contributed by atoms with Crippen molar-refractivity contribution in [3.8, 4) is 0 Å². The number of rotatable bonds is 10. The molecule has 0 aliphatic heterocycles. The van der Waals surface area contributed by atoms with Crippen LogP contribution in [0.2, 0.25) is 0 Å². The number of Topliss-reactive ketones (excluding diaryl/α,β-unsaturated/α-hetero) is 1. The zero-order valence-electron chi connectivity index (χ0n) is 14.5. The molecule has 0 aromatic carbocycles. The summed E-state index contributed by atoms with van der Waals surface area (Å²) in [6, 6.07) is 0. The lowest BCUT2D eigenvalue weighted by atomic mass is 9.98. The van der Waals surface area contributed by atoms with E-state index < -0.39 is 0 Å². The van der Waals surface area contributed by atoms with E-state index in [9.17, 15) is 4.79 Å². The number of carbonyl (C=O) groups excluding carboxylic acids is 1. The van der Waals surface area contributed by atoms with Gasteiger partial charge in [-0.15, -0.1) is 0 Å². The summed E-state index contributed by atoms with van der Waals surface area (Å²) in [7, 11) is 0. The summed E-state index contributed by atoms with van der Waals surface area (Å²) >= 11 is 0. The molecule has 0 radical (unpaired) electrons. The first-order valence-electron chi connectivity index (χ1n) is 8.47. The third-order valence-corrected chi connectivity index (χ3v) is 3.22. The Balaban J connectivity index is 0.000000406. The largest absolute Gasteiger partial charge is 0.394 e. The molecule has 0 spiro atoms.